The Morgan fingerprint density at radius 1 is 1.29 bits per heavy atom. The molecule has 21 heavy (non-hydrogen) atoms. The Morgan fingerprint density at radius 3 is 2.52 bits per heavy atom. The molecule has 1 heterocycles. The summed E-state index contributed by atoms with van der Waals surface area (Å²) in [5, 5.41) is 0. The summed E-state index contributed by atoms with van der Waals surface area (Å²) in [6, 6.07) is 2.83. The van der Waals surface area contributed by atoms with Gasteiger partial charge in [-0.2, -0.15) is 13.2 Å². The van der Waals surface area contributed by atoms with Crippen molar-refractivity contribution in [3.63, 3.8) is 0 Å². The minimum Gasteiger partial charge on any atom is -0.327 e. The maximum absolute atomic E-state index is 13.3. The lowest BCUT2D eigenvalue weighted by Gasteiger charge is -2.35. The Balaban J connectivity index is 0.00000220. The third-order valence-corrected chi connectivity index (χ3v) is 3.75. The molecule has 2 rings (SSSR count). The van der Waals surface area contributed by atoms with E-state index in [0.29, 0.717) is 24.1 Å². The van der Waals surface area contributed by atoms with Crippen LogP contribution in [0.1, 0.15) is 24.5 Å². The molecule has 1 fully saturated rings. The van der Waals surface area contributed by atoms with E-state index in [4.69, 9.17) is 5.73 Å². The topological polar surface area (TPSA) is 29.3 Å². The lowest BCUT2D eigenvalue weighted by Crippen LogP contribution is -2.45. The molecule has 0 radical (unpaired) electrons. The SMILES string of the molecule is CC1CN(Cc2cc(F)cc(C(F)(F)F)c2)CCC1N.Cl. The van der Waals surface area contributed by atoms with Crippen LogP contribution in [0.4, 0.5) is 17.6 Å². The largest absolute Gasteiger partial charge is 0.416 e. The molecular formula is C14H19ClF4N2. The number of alkyl halides is 3. The molecule has 1 saturated heterocycles. The van der Waals surface area contributed by atoms with Crippen LogP contribution in [0, 0.1) is 11.7 Å². The van der Waals surface area contributed by atoms with Crippen LogP contribution in [0.2, 0.25) is 0 Å². The highest BCUT2D eigenvalue weighted by Gasteiger charge is 2.31. The number of nitrogens with two attached hydrogens (primary N) is 1. The molecule has 2 nitrogen and oxygen atoms in total. The number of benzene rings is 1. The molecule has 2 unspecified atom stereocenters. The first-order valence-electron chi connectivity index (χ1n) is 6.60. The van der Waals surface area contributed by atoms with E-state index in [1.807, 2.05) is 11.8 Å². The van der Waals surface area contributed by atoms with Gasteiger partial charge in [-0.05, 0) is 42.6 Å². The van der Waals surface area contributed by atoms with Crippen LogP contribution in [0.5, 0.6) is 0 Å². The molecule has 120 valence electrons. The first-order chi connectivity index (χ1) is 9.25. The van der Waals surface area contributed by atoms with Crippen molar-refractivity contribution in [3.05, 3.63) is 35.1 Å². The summed E-state index contributed by atoms with van der Waals surface area (Å²) in [5.74, 6) is -0.559. The maximum atomic E-state index is 13.3. The summed E-state index contributed by atoms with van der Waals surface area (Å²) >= 11 is 0. The third kappa shape index (κ3) is 4.83. The summed E-state index contributed by atoms with van der Waals surface area (Å²) in [7, 11) is 0. The highest BCUT2D eigenvalue weighted by atomic mass is 35.5. The van der Waals surface area contributed by atoms with Gasteiger partial charge in [0.15, 0.2) is 0 Å². The van der Waals surface area contributed by atoms with E-state index in [-0.39, 0.29) is 18.4 Å². The van der Waals surface area contributed by atoms with Crippen LogP contribution < -0.4 is 5.73 Å². The number of nitrogens with zero attached hydrogens (tertiary/aromatic N) is 1. The second-order valence-corrected chi connectivity index (χ2v) is 5.51. The first kappa shape index (κ1) is 18.2. The standard InChI is InChI=1S/C14H18F4N2.ClH/c1-9-7-20(3-2-13(9)19)8-10-4-11(14(16,17)18)6-12(15)5-10;/h4-6,9,13H,2-3,7-8,19H2,1H3;1H. The van der Waals surface area contributed by atoms with E-state index >= 15 is 0 Å². The summed E-state index contributed by atoms with van der Waals surface area (Å²) in [6.07, 6.45) is -3.71. The molecule has 0 aromatic heterocycles. The van der Waals surface area contributed by atoms with Gasteiger partial charge in [-0.15, -0.1) is 12.4 Å². The Kier molecular flexibility index (Phi) is 6.01. The maximum Gasteiger partial charge on any atom is 0.416 e. The fraction of sp³-hybridized carbons (Fsp3) is 0.571. The number of likely N-dealkylation sites (tertiary alicyclic amines) is 1. The van der Waals surface area contributed by atoms with Crippen molar-refractivity contribution in [2.45, 2.75) is 32.1 Å². The van der Waals surface area contributed by atoms with Gasteiger partial charge in [-0.25, -0.2) is 4.39 Å². The third-order valence-electron chi connectivity index (χ3n) is 3.75. The van der Waals surface area contributed by atoms with Crippen LogP contribution in [-0.4, -0.2) is 24.0 Å². The van der Waals surface area contributed by atoms with E-state index in [9.17, 15) is 17.6 Å². The van der Waals surface area contributed by atoms with E-state index in [1.54, 1.807) is 0 Å². The molecule has 1 aliphatic rings. The zero-order chi connectivity index (χ0) is 14.9. The Hall–Kier alpha value is -0.850. The molecule has 7 heteroatoms. The highest BCUT2D eigenvalue weighted by Crippen LogP contribution is 2.31. The molecule has 1 aromatic rings. The molecule has 0 spiro atoms. The number of hydrogen-bond donors (Lipinski definition) is 1. The monoisotopic (exact) mass is 326 g/mol. The van der Waals surface area contributed by atoms with Crippen LogP contribution in [0.15, 0.2) is 18.2 Å². The summed E-state index contributed by atoms with van der Waals surface area (Å²) < 4.78 is 51.2. The van der Waals surface area contributed by atoms with Crippen LogP contribution in [-0.2, 0) is 12.7 Å². The number of rotatable bonds is 2. The molecule has 0 aliphatic carbocycles. The smallest absolute Gasteiger partial charge is 0.327 e. The molecule has 2 N–H and O–H groups in total. The van der Waals surface area contributed by atoms with Crippen LogP contribution in [0.3, 0.4) is 0 Å². The highest BCUT2D eigenvalue weighted by molar-refractivity contribution is 5.85. The lowest BCUT2D eigenvalue weighted by atomic mass is 9.94. The molecule has 0 amide bonds. The summed E-state index contributed by atoms with van der Waals surface area (Å²) in [6.45, 7) is 3.78. The van der Waals surface area contributed by atoms with Crippen LogP contribution in [0.25, 0.3) is 0 Å². The van der Waals surface area contributed by atoms with E-state index in [0.717, 1.165) is 31.6 Å². The average molecular weight is 327 g/mol. The second kappa shape index (κ2) is 6.94. The van der Waals surface area contributed by atoms with Crippen molar-refractivity contribution in [2.75, 3.05) is 13.1 Å². The fourth-order valence-electron chi connectivity index (χ4n) is 2.56. The van der Waals surface area contributed by atoms with E-state index < -0.39 is 17.6 Å². The predicted octanol–water partition coefficient (Wildman–Crippen LogP) is 3.44. The first-order valence-corrected chi connectivity index (χ1v) is 6.60. The average Bonchev–Trinajstić information content (AvgIpc) is 2.32. The van der Waals surface area contributed by atoms with Gasteiger partial charge in [0.25, 0.3) is 0 Å². The van der Waals surface area contributed by atoms with Crippen molar-refractivity contribution >= 4 is 12.4 Å². The molecule has 1 aromatic carbocycles. The minimum atomic E-state index is -4.52. The van der Waals surface area contributed by atoms with Gasteiger partial charge >= 0.3 is 6.18 Å². The number of piperidine rings is 1. The van der Waals surface area contributed by atoms with Gasteiger partial charge in [0.1, 0.15) is 5.82 Å². The molecular weight excluding hydrogens is 308 g/mol. The van der Waals surface area contributed by atoms with Crippen molar-refractivity contribution in [1.82, 2.24) is 4.90 Å². The van der Waals surface area contributed by atoms with E-state index in [2.05, 4.69) is 0 Å². The van der Waals surface area contributed by atoms with Gasteiger partial charge in [0, 0.05) is 19.1 Å². The lowest BCUT2D eigenvalue weighted by molar-refractivity contribution is -0.137. The summed E-state index contributed by atoms with van der Waals surface area (Å²) in [4.78, 5) is 2.02. The van der Waals surface area contributed by atoms with Crippen molar-refractivity contribution in [2.24, 2.45) is 11.7 Å². The predicted molar refractivity (Wildman–Crippen MR) is 75.7 cm³/mol. The van der Waals surface area contributed by atoms with Gasteiger partial charge in [0.2, 0.25) is 0 Å². The van der Waals surface area contributed by atoms with Crippen molar-refractivity contribution in [1.29, 1.82) is 0 Å². The molecule has 0 bridgehead atoms. The molecule has 0 saturated carbocycles. The minimum absolute atomic E-state index is 0. The van der Waals surface area contributed by atoms with Crippen molar-refractivity contribution < 1.29 is 17.6 Å². The fourth-order valence-corrected chi connectivity index (χ4v) is 2.56. The van der Waals surface area contributed by atoms with Crippen molar-refractivity contribution in [3.8, 4) is 0 Å². The van der Waals surface area contributed by atoms with Gasteiger partial charge in [-0.1, -0.05) is 6.92 Å². The van der Waals surface area contributed by atoms with Gasteiger partial charge < -0.3 is 5.73 Å². The summed E-state index contributed by atoms with van der Waals surface area (Å²) in [5.41, 5.74) is 5.32. The Labute approximate surface area is 127 Å². The molecule has 2 atom stereocenters. The van der Waals surface area contributed by atoms with Gasteiger partial charge in [-0.3, -0.25) is 4.90 Å². The Morgan fingerprint density at radius 2 is 1.95 bits per heavy atom. The number of hydrogen-bond acceptors (Lipinski definition) is 2. The van der Waals surface area contributed by atoms with Gasteiger partial charge in [0.05, 0.1) is 5.56 Å². The molecule has 1 aliphatic heterocycles. The normalized spacial score (nSPS) is 23.7. The zero-order valence-corrected chi connectivity index (χ0v) is 12.5. The van der Waals surface area contributed by atoms with E-state index in [1.165, 1.54) is 0 Å². The zero-order valence-electron chi connectivity index (χ0n) is 11.7. The number of halogens is 5. The quantitative estimate of drug-likeness (QED) is 0.844. The van der Waals surface area contributed by atoms with Crippen LogP contribution >= 0.6 is 12.4 Å². The Bertz CT molecular complexity index is 479. The second-order valence-electron chi connectivity index (χ2n) is 5.51.